The lowest BCUT2D eigenvalue weighted by atomic mass is 10.0. The van der Waals surface area contributed by atoms with Crippen LogP contribution in [0.15, 0.2) is 18.2 Å². The number of methoxy groups -OCH3 is 1. The second-order valence-corrected chi connectivity index (χ2v) is 3.79. The number of ether oxygens (including phenoxy) is 1. The zero-order valence-corrected chi connectivity index (χ0v) is 10.8. The third kappa shape index (κ3) is 4.85. The van der Waals surface area contributed by atoms with E-state index in [9.17, 15) is 22.7 Å². The molecule has 0 bridgehead atoms. The predicted molar refractivity (Wildman–Crippen MR) is 63.8 cm³/mol. The van der Waals surface area contributed by atoms with Gasteiger partial charge >= 0.3 is 6.18 Å². The van der Waals surface area contributed by atoms with Crippen LogP contribution in [-0.4, -0.2) is 24.4 Å². The molecule has 3 N–H and O–H groups in total. The summed E-state index contributed by atoms with van der Waals surface area (Å²) in [7, 11) is 1.22. The average molecular weight is 304 g/mol. The van der Waals surface area contributed by atoms with Crippen LogP contribution in [0.2, 0.25) is 0 Å². The van der Waals surface area contributed by atoms with Gasteiger partial charge in [-0.2, -0.15) is 13.2 Å². The van der Waals surface area contributed by atoms with Gasteiger partial charge in [0.15, 0.2) is 11.6 Å². The number of hydrogen-bond donors (Lipinski definition) is 2. The number of aliphatic hydroxyl groups is 1. The van der Waals surface area contributed by atoms with Gasteiger partial charge in [0.2, 0.25) is 0 Å². The first-order valence-electron chi connectivity index (χ1n) is 5.09. The van der Waals surface area contributed by atoms with Crippen LogP contribution in [-0.2, 0) is 0 Å². The van der Waals surface area contributed by atoms with Crippen molar-refractivity contribution in [2.45, 2.75) is 24.7 Å². The van der Waals surface area contributed by atoms with E-state index in [-0.39, 0.29) is 23.7 Å². The van der Waals surface area contributed by atoms with Crippen LogP contribution in [0, 0.1) is 5.82 Å². The van der Waals surface area contributed by atoms with Gasteiger partial charge in [0, 0.05) is 6.42 Å². The highest BCUT2D eigenvalue weighted by atomic mass is 35.5. The van der Waals surface area contributed by atoms with Gasteiger partial charge in [-0.3, -0.25) is 0 Å². The Morgan fingerprint density at radius 3 is 2.42 bits per heavy atom. The molecule has 8 heteroatoms. The van der Waals surface area contributed by atoms with Crippen molar-refractivity contribution in [1.82, 2.24) is 0 Å². The van der Waals surface area contributed by atoms with Crippen molar-refractivity contribution < 1.29 is 27.4 Å². The maximum atomic E-state index is 13.1. The maximum Gasteiger partial charge on any atom is 0.403 e. The highest BCUT2D eigenvalue weighted by Crippen LogP contribution is 2.29. The van der Waals surface area contributed by atoms with Crippen LogP contribution < -0.4 is 10.5 Å². The molecule has 0 saturated carbocycles. The van der Waals surface area contributed by atoms with Gasteiger partial charge in [-0.25, -0.2) is 4.39 Å². The van der Waals surface area contributed by atoms with E-state index < -0.39 is 30.6 Å². The highest BCUT2D eigenvalue weighted by molar-refractivity contribution is 5.85. The molecule has 0 amide bonds. The molecule has 0 saturated heterocycles. The second kappa shape index (κ2) is 6.93. The van der Waals surface area contributed by atoms with Crippen LogP contribution in [0.5, 0.6) is 5.75 Å². The van der Waals surface area contributed by atoms with Crippen molar-refractivity contribution in [3.8, 4) is 5.75 Å². The van der Waals surface area contributed by atoms with Gasteiger partial charge in [0.05, 0.1) is 13.2 Å². The van der Waals surface area contributed by atoms with E-state index >= 15 is 0 Å². The third-order valence-electron chi connectivity index (χ3n) is 2.46. The minimum absolute atomic E-state index is 0. The van der Waals surface area contributed by atoms with Gasteiger partial charge in [-0.05, 0) is 17.7 Å². The summed E-state index contributed by atoms with van der Waals surface area (Å²) in [5.74, 6) is -0.805. The summed E-state index contributed by atoms with van der Waals surface area (Å²) in [4.78, 5) is 0. The average Bonchev–Trinajstić information content (AvgIpc) is 2.28. The Labute approximate surface area is 113 Å². The van der Waals surface area contributed by atoms with Gasteiger partial charge in [-0.15, -0.1) is 12.4 Å². The van der Waals surface area contributed by atoms with Gasteiger partial charge in [0.25, 0.3) is 0 Å². The first-order chi connectivity index (χ1) is 8.25. The number of halogens is 5. The molecule has 0 aliphatic rings. The molecule has 3 nitrogen and oxygen atoms in total. The summed E-state index contributed by atoms with van der Waals surface area (Å²) in [6.45, 7) is 0. The first kappa shape index (κ1) is 17.9. The molecule has 0 aliphatic heterocycles. The van der Waals surface area contributed by atoms with Crippen molar-refractivity contribution in [3.63, 3.8) is 0 Å². The molecule has 1 aromatic carbocycles. The van der Waals surface area contributed by atoms with Crippen LogP contribution in [0.1, 0.15) is 18.1 Å². The van der Waals surface area contributed by atoms with Gasteiger partial charge < -0.3 is 15.6 Å². The SMILES string of the molecule is COc1cc([C@H](O)C[C@@H](N)C(F)(F)F)ccc1F.Cl. The molecule has 0 fully saturated rings. The van der Waals surface area contributed by atoms with E-state index in [2.05, 4.69) is 4.74 Å². The first-order valence-corrected chi connectivity index (χ1v) is 5.09. The topological polar surface area (TPSA) is 55.5 Å². The van der Waals surface area contributed by atoms with Crippen LogP contribution in [0.3, 0.4) is 0 Å². The summed E-state index contributed by atoms with van der Waals surface area (Å²) >= 11 is 0. The summed E-state index contributed by atoms with van der Waals surface area (Å²) in [5, 5.41) is 9.61. The van der Waals surface area contributed by atoms with Crippen molar-refractivity contribution >= 4 is 12.4 Å². The number of nitrogens with two attached hydrogens (primary N) is 1. The monoisotopic (exact) mass is 303 g/mol. The quantitative estimate of drug-likeness (QED) is 0.841. The van der Waals surface area contributed by atoms with E-state index in [0.29, 0.717) is 0 Å². The normalized spacial score (nSPS) is 14.5. The Hall–Kier alpha value is -1.05. The molecular weight excluding hydrogens is 290 g/mol. The maximum absolute atomic E-state index is 13.1. The zero-order chi connectivity index (χ0) is 13.9. The Balaban J connectivity index is 0.00000324. The number of hydrogen-bond acceptors (Lipinski definition) is 3. The molecule has 0 radical (unpaired) electrons. The molecule has 0 heterocycles. The lowest BCUT2D eigenvalue weighted by Crippen LogP contribution is -2.38. The number of aliphatic hydroxyl groups excluding tert-OH is 1. The molecule has 1 aromatic rings. The molecule has 110 valence electrons. The summed E-state index contributed by atoms with van der Waals surface area (Å²) < 4.78 is 54.4. The van der Waals surface area contributed by atoms with Crippen molar-refractivity contribution in [2.24, 2.45) is 5.73 Å². The van der Waals surface area contributed by atoms with E-state index in [1.807, 2.05) is 0 Å². The number of rotatable bonds is 4. The van der Waals surface area contributed by atoms with E-state index in [1.54, 1.807) is 0 Å². The third-order valence-corrected chi connectivity index (χ3v) is 2.46. The Kier molecular flexibility index (Phi) is 6.54. The largest absolute Gasteiger partial charge is 0.494 e. The lowest BCUT2D eigenvalue weighted by Gasteiger charge is -2.19. The standard InChI is InChI=1S/C11H13F4NO2.ClH/c1-18-9-4-6(2-3-7(9)12)8(17)5-10(16)11(13,14)15;/h2-4,8,10,17H,5,16H2,1H3;1H/t8-,10-;/m1./s1. The number of benzene rings is 1. The lowest BCUT2D eigenvalue weighted by molar-refractivity contribution is -0.153. The Morgan fingerprint density at radius 2 is 1.95 bits per heavy atom. The molecule has 1 rings (SSSR count). The number of alkyl halides is 3. The second-order valence-electron chi connectivity index (χ2n) is 3.79. The Morgan fingerprint density at radius 1 is 1.37 bits per heavy atom. The minimum Gasteiger partial charge on any atom is -0.494 e. The summed E-state index contributed by atoms with van der Waals surface area (Å²) in [6, 6.07) is 1.20. The van der Waals surface area contributed by atoms with E-state index in [0.717, 1.165) is 12.1 Å². The Bertz CT molecular complexity index is 414. The molecule has 0 spiro atoms. The van der Waals surface area contributed by atoms with Gasteiger partial charge in [-0.1, -0.05) is 6.07 Å². The molecular formula is C11H14ClF4NO2. The molecule has 2 atom stereocenters. The smallest absolute Gasteiger partial charge is 0.403 e. The van der Waals surface area contributed by atoms with Crippen LogP contribution in [0.25, 0.3) is 0 Å². The van der Waals surface area contributed by atoms with Crippen LogP contribution >= 0.6 is 12.4 Å². The molecule has 0 aliphatic carbocycles. The summed E-state index contributed by atoms with van der Waals surface area (Å²) in [5.41, 5.74) is 5.02. The molecule has 0 unspecified atom stereocenters. The van der Waals surface area contributed by atoms with Crippen molar-refractivity contribution in [2.75, 3.05) is 7.11 Å². The van der Waals surface area contributed by atoms with E-state index in [1.165, 1.54) is 13.2 Å². The molecule has 0 aromatic heterocycles. The minimum atomic E-state index is -4.58. The van der Waals surface area contributed by atoms with Crippen molar-refractivity contribution in [1.29, 1.82) is 0 Å². The fraction of sp³-hybridized carbons (Fsp3) is 0.455. The predicted octanol–water partition coefficient (Wildman–Crippen LogP) is 2.57. The fourth-order valence-electron chi connectivity index (χ4n) is 1.39. The highest BCUT2D eigenvalue weighted by Gasteiger charge is 2.38. The molecule has 19 heavy (non-hydrogen) atoms. The van der Waals surface area contributed by atoms with Crippen LogP contribution in [0.4, 0.5) is 17.6 Å². The fourth-order valence-corrected chi connectivity index (χ4v) is 1.39. The van der Waals surface area contributed by atoms with E-state index in [4.69, 9.17) is 5.73 Å². The zero-order valence-electron chi connectivity index (χ0n) is 9.95. The van der Waals surface area contributed by atoms with Crippen molar-refractivity contribution in [3.05, 3.63) is 29.6 Å². The van der Waals surface area contributed by atoms with Gasteiger partial charge in [0.1, 0.15) is 6.04 Å². The summed E-state index contributed by atoms with van der Waals surface area (Å²) in [6.07, 6.45) is -6.71.